The monoisotopic (exact) mass is 290 g/mol. The van der Waals surface area contributed by atoms with Crippen molar-refractivity contribution in [3.63, 3.8) is 0 Å². The Balaban J connectivity index is 2.86. The van der Waals surface area contributed by atoms with Gasteiger partial charge in [0, 0.05) is 0 Å². The number of rotatable bonds is 6. The zero-order valence-electron chi connectivity index (χ0n) is 11.3. The first-order valence-electron chi connectivity index (χ1n) is 6.14. The van der Waals surface area contributed by atoms with Gasteiger partial charge in [-0.05, 0) is 31.2 Å². The second-order valence-corrected chi connectivity index (χ2v) is 4.13. The van der Waals surface area contributed by atoms with Gasteiger partial charge in [0.1, 0.15) is 5.75 Å². The first-order chi connectivity index (χ1) is 9.38. The highest BCUT2D eigenvalue weighted by atomic mass is 19.4. The summed E-state index contributed by atoms with van der Waals surface area (Å²) < 4.78 is 43.5. The Morgan fingerprint density at radius 2 is 2.05 bits per heavy atom. The van der Waals surface area contributed by atoms with Crippen LogP contribution in [0.15, 0.2) is 18.2 Å². The summed E-state index contributed by atoms with van der Waals surface area (Å²) in [5, 5.41) is 5.07. The van der Waals surface area contributed by atoms with Crippen molar-refractivity contribution in [2.75, 3.05) is 25.5 Å². The third-order valence-corrected chi connectivity index (χ3v) is 2.52. The number of carbonyl (C=O) groups excluding carboxylic acids is 1. The molecule has 0 aliphatic rings. The van der Waals surface area contributed by atoms with Gasteiger partial charge >= 0.3 is 6.18 Å². The Morgan fingerprint density at radius 3 is 2.60 bits per heavy atom. The van der Waals surface area contributed by atoms with E-state index in [1.165, 1.54) is 19.2 Å². The lowest BCUT2D eigenvalue weighted by molar-refractivity contribution is -0.137. The molecular weight excluding hydrogens is 273 g/mol. The van der Waals surface area contributed by atoms with Gasteiger partial charge in [-0.15, -0.1) is 0 Å². The number of hydrogen-bond donors (Lipinski definition) is 2. The maximum absolute atomic E-state index is 12.9. The van der Waals surface area contributed by atoms with Gasteiger partial charge in [0.15, 0.2) is 0 Å². The molecular formula is C13H17F3N2O2. The van der Waals surface area contributed by atoms with E-state index in [0.29, 0.717) is 6.54 Å². The molecule has 7 heteroatoms. The minimum absolute atomic E-state index is 0.0306. The fourth-order valence-corrected chi connectivity index (χ4v) is 1.57. The molecule has 0 saturated carbocycles. The zero-order valence-corrected chi connectivity index (χ0v) is 11.3. The van der Waals surface area contributed by atoms with Crippen LogP contribution in [-0.2, 0) is 11.0 Å². The van der Waals surface area contributed by atoms with Crippen LogP contribution in [0.1, 0.15) is 18.9 Å². The van der Waals surface area contributed by atoms with Crippen molar-refractivity contribution in [1.29, 1.82) is 0 Å². The Labute approximate surface area is 115 Å². The van der Waals surface area contributed by atoms with Crippen LogP contribution in [0.25, 0.3) is 0 Å². The normalized spacial score (nSPS) is 11.2. The molecule has 0 unspecified atom stereocenters. The molecule has 1 rings (SSSR count). The van der Waals surface area contributed by atoms with E-state index in [1.807, 2.05) is 6.92 Å². The fraction of sp³-hybridized carbons (Fsp3) is 0.462. The summed E-state index contributed by atoms with van der Waals surface area (Å²) >= 11 is 0. The van der Waals surface area contributed by atoms with E-state index in [-0.39, 0.29) is 18.0 Å². The number of methoxy groups -OCH3 is 1. The van der Waals surface area contributed by atoms with E-state index in [1.54, 1.807) is 0 Å². The van der Waals surface area contributed by atoms with Gasteiger partial charge < -0.3 is 15.4 Å². The molecule has 112 valence electrons. The SMILES string of the molecule is CCCNCC(=O)Nc1ccc(OC)cc1C(F)(F)F. The van der Waals surface area contributed by atoms with Crippen LogP contribution in [0, 0.1) is 0 Å². The molecule has 0 bridgehead atoms. The number of anilines is 1. The van der Waals surface area contributed by atoms with Gasteiger partial charge in [-0.3, -0.25) is 4.79 Å². The Bertz CT molecular complexity index is 461. The topological polar surface area (TPSA) is 50.4 Å². The number of carbonyl (C=O) groups is 1. The van der Waals surface area contributed by atoms with Gasteiger partial charge in [0.05, 0.1) is 24.9 Å². The summed E-state index contributed by atoms with van der Waals surface area (Å²) in [5.74, 6) is -0.437. The molecule has 0 saturated heterocycles. The number of benzene rings is 1. The summed E-state index contributed by atoms with van der Waals surface area (Å²) in [6.07, 6.45) is -3.72. The van der Waals surface area contributed by atoms with E-state index in [0.717, 1.165) is 12.5 Å². The number of hydrogen-bond acceptors (Lipinski definition) is 3. The average molecular weight is 290 g/mol. The van der Waals surface area contributed by atoms with Crippen LogP contribution >= 0.6 is 0 Å². The molecule has 0 radical (unpaired) electrons. The second kappa shape index (κ2) is 7.14. The first-order valence-corrected chi connectivity index (χ1v) is 6.14. The van der Waals surface area contributed by atoms with Crippen molar-refractivity contribution in [3.05, 3.63) is 23.8 Å². The fourth-order valence-electron chi connectivity index (χ4n) is 1.57. The molecule has 0 aromatic heterocycles. The highest BCUT2D eigenvalue weighted by Crippen LogP contribution is 2.37. The maximum atomic E-state index is 12.9. The Kier molecular flexibility index (Phi) is 5.82. The number of halogens is 3. The molecule has 0 aliphatic carbocycles. The number of ether oxygens (including phenoxy) is 1. The minimum atomic E-state index is -4.56. The van der Waals surface area contributed by atoms with Crippen LogP contribution in [0.5, 0.6) is 5.75 Å². The standard InChI is InChI=1S/C13H17F3N2O2/c1-3-6-17-8-12(19)18-11-5-4-9(20-2)7-10(11)13(14,15)16/h4-5,7,17H,3,6,8H2,1-2H3,(H,18,19). The van der Waals surface area contributed by atoms with Crippen molar-refractivity contribution in [2.45, 2.75) is 19.5 Å². The highest BCUT2D eigenvalue weighted by molar-refractivity contribution is 5.93. The number of alkyl halides is 3. The Morgan fingerprint density at radius 1 is 1.35 bits per heavy atom. The smallest absolute Gasteiger partial charge is 0.418 e. The maximum Gasteiger partial charge on any atom is 0.418 e. The lowest BCUT2D eigenvalue weighted by Crippen LogP contribution is -2.29. The van der Waals surface area contributed by atoms with Gasteiger partial charge in [0.25, 0.3) is 0 Å². The molecule has 4 nitrogen and oxygen atoms in total. The van der Waals surface area contributed by atoms with Crippen LogP contribution in [0.4, 0.5) is 18.9 Å². The van der Waals surface area contributed by atoms with Crippen molar-refractivity contribution < 1.29 is 22.7 Å². The van der Waals surface area contributed by atoms with E-state index in [9.17, 15) is 18.0 Å². The average Bonchev–Trinajstić information content (AvgIpc) is 2.38. The number of amides is 1. The predicted molar refractivity (Wildman–Crippen MR) is 69.8 cm³/mol. The van der Waals surface area contributed by atoms with Crippen LogP contribution in [-0.4, -0.2) is 26.1 Å². The van der Waals surface area contributed by atoms with Crippen molar-refractivity contribution >= 4 is 11.6 Å². The van der Waals surface area contributed by atoms with Crippen LogP contribution in [0.2, 0.25) is 0 Å². The summed E-state index contributed by atoms with van der Waals surface area (Å²) in [7, 11) is 1.28. The predicted octanol–water partition coefficient (Wildman–Crippen LogP) is 2.65. The largest absolute Gasteiger partial charge is 0.497 e. The van der Waals surface area contributed by atoms with Gasteiger partial charge in [-0.1, -0.05) is 6.92 Å². The minimum Gasteiger partial charge on any atom is -0.497 e. The number of nitrogens with one attached hydrogen (secondary N) is 2. The molecule has 0 heterocycles. The van der Waals surface area contributed by atoms with Crippen molar-refractivity contribution in [3.8, 4) is 5.75 Å². The van der Waals surface area contributed by atoms with Gasteiger partial charge in [-0.2, -0.15) is 13.2 Å². The van der Waals surface area contributed by atoms with E-state index in [2.05, 4.69) is 10.6 Å². The van der Waals surface area contributed by atoms with Crippen LogP contribution in [0.3, 0.4) is 0 Å². The molecule has 1 amide bonds. The molecule has 2 N–H and O–H groups in total. The van der Waals surface area contributed by atoms with Crippen LogP contribution < -0.4 is 15.4 Å². The van der Waals surface area contributed by atoms with E-state index in [4.69, 9.17) is 4.74 Å². The first kappa shape index (κ1) is 16.3. The van der Waals surface area contributed by atoms with Gasteiger partial charge in [0.2, 0.25) is 5.91 Å². The summed E-state index contributed by atoms with van der Waals surface area (Å²) in [5.41, 5.74) is -1.21. The summed E-state index contributed by atoms with van der Waals surface area (Å²) in [6, 6.07) is 3.40. The third kappa shape index (κ3) is 4.73. The lowest BCUT2D eigenvalue weighted by atomic mass is 10.1. The molecule has 0 spiro atoms. The molecule has 1 aromatic carbocycles. The van der Waals surface area contributed by atoms with E-state index >= 15 is 0 Å². The zero-order chi connectivity index (χ0) is 15.2. The Hall–Kier alpha value is -1.76. The summed E-state index contributed by atoms with van der Waals surface area (Å²) in [4.78, 5) is 11.5. The molecule has 0 aliphatic heterocycles. The quantitative estimate of drug-likeness (QED) is 0.792. The van der Waals surface area contributed by atoms with Crippen molar-refractivity contribution in [1.82, 2.24) is 5.32 Å². The molecule has 1 aromatic rings. The lowest BCUT2D eigenvalue weighted by Gasteiger charge is -2.15. The summed E-state index contributed by atoms with van der Waals surface area (Å²) in [6.45, 7) is 2.52. The van der Waals surface area contributed by atoms with E-state index < -0.39 is 17.6 Å². The highest BCUT2D eigenvalue weighted by Gasteiger charge is 2.34. The molecule has 20 heavy (non-hydrogen) atoms. The van der Waals surface area contributed by atoms with Gasteiger partial charge in [-0.25, -0.2) is 0 Å². The second-order valence-electron chi connectivity index (χ2n) is 4.13. The molecule has 0 fully saturated rings. The van der Waals surface area contributed by atoms with Crippen molar-refractivity contribution in [2.24, 2.45) is 0 Å². The third-order valence-electron chi connectivity index (χ3n) is 2.52. The molecule has 0 atom stereocenters.